The zero-order valence-corrected chi connectivity index (χ0v) is 74.8. The van der Waals surface area contributed by atoms with E-state index in [0.717, 1.165) is 126 Å². The Kier molecular flexibility index (Phi) is 17.6. The van der Waals surface area contributed by atoms with E-state index in [1.807, 2.05) is 0 Å². The van der Waals surface area contributed by atoms with Crippen LogP contribution in [0.4, 0.5) is 85.3 Å². The number of anilines is 15. The van der Waals surface area contributed by atoms with E-state index in [2.05, 4.69) is 466 Å². The van der Waals surface area contributed by atoms with E-state index in [9.17, 15) is 0 Å². The lowest BCUT2D eigenvalue weighted by Crippen LogP contribution is -2.64. The highest BCUT2D eigenvalue weighted by Crippen LogP contribution is 2.55. The molecule has 7 nitrogen and oxygen atoms in total. The first-order chi connectivity index (χ1) is 61.3. The topological polar surface area (TPSA) is 42.5 Å². The summed E-state index contributed by atoms with van der Waals surface area (Å²) in [7, 11) is 0. The van der Waals surface area contributed by atoms with Crippen LogP contribution in [0.1, 0.15) is 153 Å². The second-order valence-electron chi connectivity index (χ2n) is 40.4. The maximum Gasteiger partial charge on any atom is 0.247 e. The summed E-state index contributed by atoms with van der Waals surface area (Å²) in [6.07, 6.45) is 2.97. The number of hydrogen-bond donors (Lipinski definition) is 0. The molecule has 0 radical (unpaired) electrons. The van der Waals surface area contributed by atoms with Gasteiger partial charge in [-0.05, 0) is 289 Å². The highest BCUT2D eigenvalue weighted by molar-refractivity contribution is 7.00. The molecule has 0 N–H and O–H groups in total. The minimum atomic E-state index is -0.492. The first-order valence-corrected chi connectivity index (χ1v) is 45.5. The summed E-state index contributed by atoms with van der Waals surface area (Å²) in [5.74, 6) is 0. The molecule has 1 aliphatic carbocycles. The normalized spacial score (nSPS) is 15.3. The quantitative estimate of drug-likeness (QED) is 0.101. The molecular formula is C118H103B2N5O2. The van der Waals surface area contributed by atoms with Crippen molar-refractivity contribution >= 4 is 175 Å². The molecule has 5 aliphatic rings. The minimum Gasteiger partial charge on any atom is -0.456 e. The SMILES string of the molecule is CC(C)(C)c1ccc(N2c3cc4c(cc3B3c5cc6oc7cc(N(c8ccccc8)c8ccccc8)ccc7c6cc5C(C)(C)c5cc(C(C)(C)Cc6ccc7c(c6)N(c6ccccc6)c6cc(N(c8ccccc8)c8ccccc8)cc8c6B7c6cc7oc9cc(N(c%10ccccc%10)c%10ccccc%10)ccc9c7cc6C8(C)C)cc2c53)C(C)(C)CCC4(C)C)cc1. The van der Waals surface area contributed by atoms with Gasteiger partial charge in [0.05, 0.1) is 0 Å². The Morgan fingerprint density at radius 3 is 1.12 bits per heavy atom. The summed E-state index contributed by atoms with van der Waals surface area (Å²) in [5.41, 5.74) is 38.7. The van der Waals surface area contributed by atoms with E-state index >= 15 is 0 Å². The molecular weight excluding hydrogens is 1540 g/mol. The van der Waals surface area contributed by atoms with E-state index in [4.69, 9.17) is 8.83 Å². The van der Waals surface area contributed by atoms with Crippen LogP contribution in [0.2, 0.25) is 0 Å². The Hall–Kier alpha value is -13.8. The molecule has 0 amide bonds. The molecule has 9 heteroatoms. The van der Waals surface area contributed by atoms with Crippen LogP contribution < -0.4 is 57.3 Å². The van der Waals surface area contributed by atoms with Crippen LogP contribution in [0.15, 0.2) is 361 Å². The van der Waals surface area contributed by atoms with Crippen LogP contribution in [0.3, 0.4) is 0 Å². The summed E-state index contributed by atoms with van der Waals surface area (Å²) in [6.45, 7) is 31.6. The van der Waals surface area contributed by atoms with Crippen molar-refractivity contribution in [2.45, 2.75) is 142 Å². The highest BCUT2D eigenvalue weighted by Gasteiger charge is 2.52. The van der Waals surface area contributed by atoms with Gasteiger partial charge in [-0.3, -0.25) is 0 Å². The molecule has 127 heavy (non-hydrogen) atoms. The Labute approximate surface area is 747 Å². The number of para-hydroxylation sites is 7. The fraction of sp³-hybridized carbons (Fsp3) is 0.186. The molecule has 0 bridgehead atoms. The summed E-state index contributed by atoms with van der Waals surface area (Å²) in [6, 6.07) is 132. The van der Waals surface area contributed by atoms with Gasteiger partial charge in [0, 0.05) is 130 Å². The Morgan fingerprint density at radius 1 is 0.283 bits per heavy atom. The summed E-state index contributed by atoms with van der Waals surface area (Å²) in [5, 5.41) is 4.44. The fourth-order valence-electron chi connectivity index (χ4n) is 22.6. The fourth-order valence-corrected chi connectivity index (χ4v) is 22.6. The molecule has 0 saturated heterocycles. The van der Waals surface area contributed by atoms with E-state index in [1.54, 1.807) is 0 Å². The lowest BCUT2D eigenvalue weighted by atomic mass is 9.29. The molecule has 0 saturated carbocycles. The molecule has 0 spiro atoms. The highest BCUT2D eigenvalue weighted by atomic mass is 16.3. The lowest BCUT2D eigenvalue weighted by Gasteiger charge is -2.48. The number of hydrogen-bond acceptors (Lipinski definition) is 7. The van der Waals surface area contributed by atoms with Crippen molar-refractivity contribution in [1.82, 2.24) is 0 Å². The number of benzene rings is 16. The van der Waals surface area contributed by atoms with Gasteiger partial charge in [-0.15, -0.1) is 0 Å². The maximum atomic E-state index is 7.35. The monoisotopic (exact) mass is 1640 g/mol. The Morgan fingerprint density at radius 2 is 0.669 bits per heavy atom. The molecule has 0 fully saturated rings. The second kappa shape index (κ2) is 28.6. The number of fused-ring (bicyclic) bond motifs is 15. The Balaban J connectivity index is 0.720. The van der Waals surface area contributed by atoms with Crippen molar-refractivity contribution < 1.29 is 8.83 Å². The van der Waals surface area contributed by atoms with Crippen molar-refractivity contribution in [3.05, 3.63) is 402 Å². The zero-order valence-electron chi connectivity index (χ0n) is 74.8. The largest absolute Gasteiger partial charge is 0.456 e. The molecule has 18 aromatic rings. The molecule has 0 atom stereocenters. The predicted octanol–water partition coefficient (Wildman–Crippen LogP) is 27.9. The van der Waals surface area contributed by atoms with Crippen LogP contribution in [0.25, 0.3) is 43.9 Å². The van der Waals surface area contributed by atoms with Crippen LogP contribution in [0.5, 0.6) is 0 Å². The molecule has 0 unspecified atom stereocenters. The Bertz CT molecular complexity index is 7320. The van der Waals surface area contributed by atoms with E-state index in [-0.39, 0.29) is 29.7 Å². The lowest BCUT2D eigenvalue weighted by molar-refractivity contribution is 0.332. The molecule has 6 heterocycles. The molecule has 4 aliphatic heterocycles. The summed E-state index contributed by atoms with van der Waals surface area (Å²) < 4.78 is 14.7. The third kappa shape index (κ3) is 12.4. The van der Waals surface area contributed by atoms with E-state index < -0.39 is 16.2 Å². The van der Waals surface area contributed by atoms with Gasteiger partial charge in [0.25, 0.3) is 0 Å². The molecule has 23 rings (SSSR count). The minimum absolute atomic E-state index is 0.0425. The third-order valence-electron chi connectivity index (χ3n) is 29.4. The van der Waals surface area contributed by atoms with Crippen molar-refractivity contribution in [2.75, 3.05) is 24.5 Å². The van der Waals surface area contributed by atoms with E-state index in [0.29, 0.717) is 0 Å². The zero-order chi connectivity index (χ0) is 86.5. The van der Waals surface area contributed by atoms with Crippen molar-refractivity contribution in [2.24, 2.45) is 0 Å². The van der Waals surface area contributed by atoms with Gasteiger partial charge in [-0.25, -0.2) is 0 Å². The van der Waals surface area contributed by atoms with Gasteiger partial charge in [0.2, 0.25) is 13.4 Å². The van der Waals surface area contributed by atoms with Crippen LogP contribution in [-0.2, 0) is 38.9 Å². The number of nitrogens with zero attached hydrogens (tertiary/aromatic N) is 5. The van der Waals surface area contributed by atoms with Crippen LogP contribution in [0, 0.1) is 0 Å². The average molecular weight is 1640 g/mol. The molecule has 2 aromatic heterocycles. The van der Waals surface area contributed by atoms with Crippen LogP contribution in [-0.4, -0.2) is 13.4 Å². The van der Waals surface area contributed by atoms with Gasteiger partial charge in [-0.2, -0.15) is 0 Å². The van der Waals surface area contributed by atoms with Crippen molar-refractivity contribution in [1.29, 1.82) is 0 Å². The average Bonchev–Trinajstić information content (AvgIpc) is 1.52. The first-order valence-electron chi connectivity index (χ1n) is 45.5. The summed E-state index contributed by atoms with van der Waals surface area (Å²) >= 11 is 0. The predicted molar refractivity (Wildman–Crippen MR) is 538 cm³/mol. The van der Waals surface area contributed by atoms with E-state index in [1.165, 1.54) is 106 Å². The van der Waals surface area contributed by atoms with Crippen molar-refractivity contribution in [3.63, 3.8) is 0 Å². The van der Waals surface area contributed by atoms with Gasteiger partial charge in [-0.1, -0.05) is 265 Å². The standard InChI is InChI=1S/C118H103B2N5O2/c1-113(2,3)76-50-52-85(53-51-76)125-104-71-94-93(114(4,5)59-60-115(94,6)7)70-102(104)120-101-73-110-92(90-57-55-87(67-108(90)127-110)122(80-39-25-16-26-40-80)81-41-27-17-28-42-81)69-96(101)117(10,11)97-62-77(63-105(125)111(97)120)116(8,9)74-75-49-58-99-103(61-75)124(84-47-33-20-34-48-84)106-65-88(123(82-43-29-18-30-44-82)83-45-31-19-32-46-83)64-98-112(106)119(99)100-72-109-91(68-95(100)118(98,12)13)89-56-54-86(66-107(89)126-109)121(78-35-21-14-22-36-78)79-37-23-15-24-38-79/h14-58,61-73H,59-60,74H2,1-13H3. The van der Waals surface area contributed by atoms with Gasteiger partial charge >= 0.3 is 0 Å². The number of furan rings is 2. The maximum absolute atomic E-state index is 7.35. The van der Waals surface area contributed by atoms with Gasteiger partial charge in [0.1, 0.15) is 22.3 Å². The third-order valence-corrected chi connectivity index (χ3v) is 29.4. The molecule has 618 valence electrons. The van der Waals surface area contributed by atoms with Gasteiger partial charge in [0.15, 0.2) is 0 Å². The van der Waals surface area contributed by atoms with Crippen LogP contribution >= 0.6 is 0 Å². The second-order valence-corrected chi connectivity index (χ2v) is 40.4. The van der Waals surface area contributed by atoms with Gasteiger partial charge < -0.3 is 33.3 Å². The number of rotatable bonds is 14. The molecule has 16 aromatic carbocycles. The first kappa shape index (κ1) is 78.0. The van der Waals surface area contributed by atoms with Crippen molar-refractivity contribution in [3.8, 4) is 0 Å². The smallest absolute Gasteiger partial charge is 0.247 e. The summed E-state index contributed by atoms with van der Waals surface area (Å²) in [4.78, 5) is 12.4.